The smallest absolute Gasteiger partial charge is 0.255 e. The predicted molar refractivity (Wildman–Crippen MR) is 131 cm³/mol. The quantitative estimate of drug-likeness (QED) is 0.489. The number of nitrogens with two attached hydrogens (primary N) is 1. The molecule has 0 aliphatic heterocycles. The van der Waals surface area contributed by atoms with Gasteiger partial charge >= 0.3 is 0 Å². The summed E-state index contributed by atoms with van der Waals surface area (Å²) in [6, 6.07) is 10.5. The van der Waals surface area contributed by atoms with E-state index in [1.165, 1.54) is 19.6 Å². The number of aryl methyl sites for hydroxylation is 1. The summed E-state index contributed by atoms with van der Waals surface area (Å²) in [4.78, 5) is 35.9. The van der Waals surface area contributed by atoms with Gasteiger partial charge in [-0.2, -0.15) is 0 Å². The highest BCUT2D eigenvalue weighted by atomic mass is 16.5. The topological polar surface area (TPSA) is 120 Å². The molecule has 0 spiro atoms. The highest BCUT2D eigenvalue weighted by molar-refractivity contribution is 6.03. The molecule has 3 amide bonds. The van der Waals surface area contributed by atoms with Crippen molar-refractivity contribution in [2.45, 2.75) is 45.1 Å². The number of hydrogen-bond donors (Lipinski definition) is 3. The maximum Gasteiger partial charge on any atom is 0.255 e. The molecule has 1 saturated carbocycles. The largest absolute Gasteiger partial charge is 0.493 e. The van der Waals surface area contributed by atoms with Gasteiger partial charge in [0, 0.05) is 23.4 Å². The van der Waals surface area contributed by atoms with Gasteiger partial charge in [0.05, 0.1) is 7.11 Å². The van der Waals surface area contributed by atoms with E-state index in [0.717, 1.165) is 31.2 Å². The highest BCUT2D eigenvalue weighted by Crippen LogP contribution is 2.28. The molecular formula is C26H31N3O5. The van der Waals surface area contributed by atoms with Gasteiger partial charge in [-0.05, 0) is 67.3 Å². The number of methoxy groups -OCH3 is 1. The van der Waals surface area contributed by atoms with Crippen molar-refractivity contribution in [2.24, 2.45) is 5.73 Å². The first-order chi connectivity index (χ1) is 16.4. The molecule has 34 heavy (non-hydrogen) atoms. The lowest BCUT2D eigenvalue weighted by Crippen LogP contribution is -2.36. The standard InChI is InChI=1S/C26H31N3O5/c1-17-14-19(26(32)28-20-6-4-3-5-7-20)10-11-21(17)29-25(31)13-9-18-8-12-22(23(15-18)33-2)34-16-24(27)30/h8-15,20H,3-7,16H2,1-2H3,(H2,27,30)(H,28,32)(H,29,31)/b13-9+. The number of amides is 3. The number of nitrogens with one attached hydrogen (secondary N) is 2. The third-order valence-corrected chi connectivity index (χ3v) is 5.67. The molecule has 1 fully saturated rings. The normalized spacial score (nSPS) is 13.9. The predicted octanol–water partition coefficient (Wildman–Crippen LogP) is 3.58. The number of carbonyl (C=O) groups excluding carboxylic acids is 3. The van der Waals surface area contributed by atoms with E-state index in [0.29, 0.717) is 28.3 Å². The lowest BCUT2D eigenvalue weighted by atomic mass is 9.95. The molecule has 0 unspecified atom stereocenters. The molecular weight excluding hydrogens is 434 g/mol. The summed E-state index contributed by atoms with van der Waals surface area (Å²) < 4.78 is 10.6. The minimum Gasteiger partial charge on any atom is -0.493 e. The monoisotopic (exact) mass is 465 g/mol. The number of rotatable bonds is 9. The summed E-state index contributed by atoms with van der Waals surface area (Å²) in [5, 5.41) is 5.94. The van der Waals surface area contributed by atoms with Crippen LogP contribution >= 0.6 is 0 Å². The third kappa shape index (κ3) is 7.10. The second kappa shape index (κ2) is 11.9. The number of carbonyl (C=O) groups is 3. The van der Waals surface area contributed by atoms with Gasteiger partial charge in [0.25, 0.3) is 11.8 Å². The molecule has 0 radical (unpaired) electrons. The second-order valence-corrected chi connectivity index (χ2v) is 8.33. The molecule has 1 aliphatic rings. The van der Waals surface area contributed by atoms with Crippen molar-refractivity contribution in [1.29, 1.82) is 0 Å². The molecule has 8 nitrogen and oxygen atoms in total. The lowest BCUT2D eigenvalue weighted by Gasteiger charge is -2.23. The Morgan fingerprint density at radius 2 is 1.82 bits per heavy atom. The van der Waals surface area contributed by atoms with Crippen LogP contribution in [0.2, 0.25) is 0 Å². The van der Waals surface area contributed by atoms with Crippen LogP contribution in [-0.2, 0) is 9.59 Å². The maximum atomic E-state index is 12.6. The van der Waals surface area contributed by atoms with Gasteiger partial charge in [0.2, 0.25) is 5.91 Å². The number of hydrogen-bond acceptors (Lipinski definition) is 5. The van der Waals surface area contributed by atoms with Crippen LogP contribution < -0.4 is 25.8 Å². The molecule has 0 saturated heterocycles. The SMILES string of the molecule is COc1cc(/C=C/C(=O)Nc2ccc(C(=O)NC3CCCCC3)cc2C)ccc1OCC(N)=O. The van der Waals surface area contributed by atoms with Crippen molar-refractivity contribution in [3.8, 4) is 11.5 Å². The summed E-state index contributed by atoms with van der Waals surface area (Å²) in [5.74, 6) is -0.177. The molecule has 0 atom stereocenters. The van der Waals surface area contributed by atoms with Crippen molar-refractivity contribution < 1.29 is 23.9 Å². The summed E-state index contributed by atoms with van der Waals surface area (Å²) in [6.07, 6.45) is 8.64. The van der Waals surface area contributed by atoms with E-state index in [4.69, 9.17) is 15.2 Å². The van der Waals surface area contributed by atoms with Crippen molar-refractivity contribution >= 4 is 29.5 Å². The molecule has 8 heteroatoms. The van der Waals surface area contributed by atoms with E-state index in [-0.39, 0.29) is 24.5 Å². The highest BCUT2D eigenvalue weighted by Gasteiger charge is 2.17. The number of primary amides is 1. The molecule has 0 aromatic heterocycles. The average molecular weight is 466 g/mol. The van der Waals surface area contributed by atoms with Gasteiger partial charge in [-0.3, -0.25) is 14.4 Å². The zero-order valence-corrected chi connectivity index (χ0v) is 19.6. The van der Waals surface area contributed by atoms with Crippen LogP contribution in [0.5, 0.6) is 11.5 Å². The van der Waals surface area contributed by atoms with Crippen LogP contribution in [0.4, 0.5) is 5.69 Å². The summed E-state index contributed by atoms with van der Waals surface area (Å²) >= 11 is 0. The van der Waals surface area contributed by atoms with E-state index in [9.17, 15) is 14.4 Å². The fourth-order valence-electron chi connectivity index (χ4n) is 3.86. The van der Waals surface area contributed by atoms with E-state index in [2.05, 4.69) is 10.6 Å². The van der Waals surface area contributed by atoms with Crippen LogP contribution in [0, 0.1) is 6.92 Å². The molecule has 0 heterocycles. The van der Waals surface area contributed by atoms with Crippen molar-refractivity contribution in [3.63, 3.8) is 0 Å². The van der Waals surface area contributed by atoms with Crippen LogP contribution in [0.25, 0.3) is 6.08 Å². The summed E-state index contributed by atoms with van der Waals surface area (Å²) in [7, 11) is 1.48. The number of anilines is 1. The van der Waals surface area contributed by atoms with E-state index >= 15 is 0 Å². The van der Waals surface area contributed by atoms with Gasteiger partial charge in [-0.15, -0.1) is 0 Å². The fourth-order valence-corrected chi connectivity index (χ4v) is 3.86. The average Bonchev–Trinajstić information content (AvgIpc) is 2.83. The van der Waals surface area contributed by atoms with Gasteiger partial charge < -0.3 is 25.8 Å². The molecule has 2 aromatic carbocycles. The van der Waals surface area contributed by atoms with Crippen LogP contribution in [0.15, 0.2) is 42.5 Å². The minimum atomic E-state index is -0.587. The van der Waals surface area contributed by atoms with Gasteiger partial charge in [-0.25, -0.2) is 0 Å². The molecule has 0 bridgehead atoms. The number of ether oxygens (including phenoxy) is 2. The van der Waals surface area contributed by atoms with E-state index < -0.39 is 5.91 Å². The zero-order valence-electron chi connectivity index (χ0n) is 19.6. The van der Waals surface area contributed by atoms with E-state index in [1.807, 2.05) is 6.92 Å². The van der Waals surface area contributed by atoms with E-state index in [1.54, 1.807) is 42.5 Å². The van der Waals surface area contributed by atoms with Crippen molar-refractivity contribution in [2.75, 3.05) is 19.0 Å². The maximum absolute atomic E-state index is 12.6. The lowest BCUT2D eigenvalue weighted by molar-refractivity contribution is -0.120. The summed E-state index contributed by atoms with van der Waals surface area (Å²) in [5.41, 5.74) is 7.83. The Kier molecular flexibility index (Phi) is 8.67. The Bertz CT molecular complexity index is 1070. The molecule has 2 aromatic rings. The Hall–Kier alpha value is -3.81. The first-order valence-electron chi connectivity index (χ1n) is 11.4. The van der Waals surface area contributed by atoms with Gasteiger partial charge in [0.1, 0.15) is 0 Å². The van der Waals surface area contributed by atoms with Crippen LogP contribution in [0.3, 0.4) is 0 Å². The summed E-state index contributed by atoms with van der Waals surface area (Å²) in [6.45, 7) is 1.60. The van der Waals surface area contributed by atoms with Gasteiger partial charge in [0.15, 0.2) is 18.1 Å². The molecule has 4 N–H and O–H groups in total. The minimum absolute atomic E-state index is 0.0787. The van der Waals surface area contributed by atoms with Crippen LogP contribution in [0.1, 0.15) is 53.6 Å². The number of benzene rings is 2. The second-order valence-electron chi connectivity index (χ2n) is 8.33. The Labute approximate surface area is 199 Å². The third-order valence-electron chi connectivity index (χ3n) is 5.67. The Morgan fingerprint density at radius 3 is 2.50 bits per heavy atom. The van der Waals surface area contributed by atoms with Crippen molar-refractivity contribution in [1.82, 2.24) is 5.32 Å². The molecule has 180 valence electrons. The Balaban J connectivity index is 1.59. The molecule has 1 aliphatic carbocycles. The molecule has 3 rings (SSSR count). The fraction of sp³-hybridized carbons (Fsp3) is 0.346. The Morgan fingerprint density at radius 1 is 1.06 bits per heavy atom. The first-order valence-corrected chi connectivity index (χ1v) is 11.4. The van der Waals surface area contributed by atoms with Crippen LogP contribution in [-0.4, -0.2) is 37.5 Å². The van der Waals surface area contributed by atoms with Crippen molar-refractivity contribution in [3.05, 3.63) is 59.2 Å². The first kappa shape index (κ1) is 24.8. The van der Waals surface area contributed by atoms with Gasteiger partial charge in [-0.1, -0.05) is 25.3 Å². The zero-order chi connectivity index (χ0) is 24.5.